The number of hydrazone groups is 1. The van der Waals surface area contributed by atoms with Gasteiger partial charge in [0.1, 0.15) is 0 Å². The minimum atomic E-state index is -0.226. The average Bonchev–Trinajstić information content (AvgIpc) is 3.31. The summed E-state index contributed by atoms with van der Waals surface area (Å²) >= 11 is 0. The molecule has 0 atom stereocenters. The molecule has 0 spiro atoms. The molecule has 0 aromatic heterocycles. The van der Waals surface area contributed by atoms with Crippen molar-refractivity contribution in [1.82, 2.24) is 5.43 Å². The molecule has 0 radical (unpaired) electrons. The van der Waals surface area contributed by atoms with Crippen molar-refractivity contribution in [3.63, 3.8) is 0 Å². The van der Waals surface area contributed by atoms with Crippen LogP contribution in [0.5, 0.6) is 0 Å². The Kier molecular flexibility index (Phi) is 5.31. The fourth-order valence-electron chi connectivity index (χ4n) is 2.11. The van der Waals surface area contributed by atoms with Gasteiger partial charge in [0.2, 0.25) is 11.8 Å². The van der Waals surface area contributed by atoms with Crippen molar-refractivity contribution in [2.45, 2.75) is 46.5 Å². The molecule has 0 unspecified atom stereocenters. The first kappa shape index (κ1) is 16.2. The Balaban J connectivity index is 1.76. The van der Waals surface area contributed by atoms with Crippen LogP contribution in [0, 0.1) is 19.8 Å². The van der Waals surface area contributed by atoms with Crippen molar-refractivity contribution in [2.75, 3.05) is 5.32 Å². The number of nitrogens with zero attached hydrogens (tertiary/aromatic N) is 1. The van der Waals surface area contributed by atoms with E-state index < -0.39 is 0 Å². The first-order valence-corrected chi connectivity index (χ1v) is 7.66. The SMILES string of the molecule is CC(=NNC(=O)CCC(=O)Nc1cc(C)ccc1C)C1CC1. The maximum absolute atomic E-state index is 11.9. The van der Waals surface area contributed by atoms with Crippen molar-refractivity contribution in [1.29, 1.82) is 0 Å². The molecule has 118 valence electrons. The molecular weight excluding hydrogens is 278 g/mol. The summed E-state index contributed by atoms with van der Waals surface area (Å²) in [6.45, 7) is 5.84. The minimum absolute atomic E-state index is 0.137. The Hall–Kier alpha value is -2.17. The highest BCUT2D eigenvalue weighted by molar-refractivity contribution is 5.94. The van der Waals surface area contributed by atoms with E-state index >= 15 is 0 Å². The summed E-state index contributed by atoms with van der Waals surface area (Å²) in [5.74, 6) is 0.149. The molecular formula is C17H23N3O2. The number of carbonyl (C=O) groups is 2. The van der Waals surface area contributed by atoms with Gasteiger partial charge in [-0.1, -0.05) is 12.1 Å². The van der Waals surface area contributed by atoms with E-state index in [1.54, 1.807) is 0 Å². The van der Waals surface area contributed by atoms with Crippen LogP contribution in [-0.2, 0) is 9.59 Å². The number of benzene rings is 1. The van der Waals surface area contributed by atoms with Gasteiger partial charge < -0.3 is 5.32 Å². The highest BCUT2D eigenvalue weighted by atomic mass is 16.2. The van der Waals surface area contributed by atoms with Gasteiger partial charge in [-0.15, -0.1) is 0 Å². The Morgan fingerprint density at radius 2 is 1.86 bits per heavy atom. The summed E-state index contributed by atoms with van der Waals surface area (Å²) in [5.41, 5.74) is 6.37. The lowest BCUT2D eigenvalue weighted by molar-refractivity contribution is -0.124. The zero-order valence-electron chi connectivity index (χ0n) is 13.4. The number of nitrogens with one attached hydrogen (secondary N) is 2. The predicted octanol–water partition coefficient (Wildman–Crippen LogP) is 2.92. The summed E-state index contributed by atoms with van der Waals surface area (Å²) in [4.78, 5) is 23.6. The summed E-state index contributed by atoms with van der Waals surface area (Å²) in [6, 6.07) is 5.89. The van der Waals surface area contributed by atoms with E-state index in [1.165, 1.54) is 0 Å². The molecule has 0 bridgehead atoms. The minimum Gasteiger partial charge on any atom is -0.326 e. The van der Waals surface area contributed by atoms with Gasteiger partial charge >= 0.3 is 0 Å². The van der Waals surface area contributed by atoms with Crippen LogP contribution in [0.2, 0.25) is 0 Å². The molecule has 1 aromatic carbocycles. The van der Waals surface area contributed by atoms with Crippen LogP contribution in [0.15, 0.2) is 23.3 Å². The van der Waals surface area contributed by atoms with E-state index in [-0.39, 0.29) is 24.7 Å². The number of anilines is 1. The van der Waals surface area contributed by atoms with Gasteiger partial charge in [-0.25, -0.2) is 5.43 Å². The fraction of sp³-hybridized carbons (Fsp3) is 0.471. The molecule has 0 saturated heterocycles. The van der Waals surface area contributed by atoms with E-state index in [0.29, 0.717) is 5.92 Å². The number of hydrogen-bond acceptors (Lipinski definition) is 3. The normalized spacial score (nSPS) is 14.6. The number of hydrogen-bond donors (Lipinski definition) is 2. The van der Waals surface area contributed by atoms with Gasteiger partial charge in [0.25, 0.3) is 0 Å². The van der Waals surface area contributed by atoms with Crippen LogP contribution in [0.1, 0.15) is 43.7 Å². The molecule has 1 fully saturated rings. The molecule has 5 heteroatoms. The standard InChI is InChI=1S/C17H23N3O2/c1-11-4-5-12(2)15(10-11)18-16(21)8-9-17(22)20-19-13(3)14-6-7-14/h4-5,10,14H,6-9H2,1-3H3,(H,18,21)(H,20,22). The predicted molar refractivity (Wildman–Crippen MR) is 87.8 cm³/mol. The summed E-state index contributed by atoms with van der Waals surface area (Å²) in [5, 5.41) is 6.90. The lowest BCUT2D eigenvalue weighted by Crippen LogP contribution is -2.22. The fourth-order valence-corrected chi connectivity index (χ4v) is 2.11. The number of aryl methyl sites for hydroxylation is 2. The van der Waals surface area contributed by atoms with Crippen LogP contribution in [0.4, 0.5) is 5.69 Å². The second-order valence-corrected chi connectivity index (χ2v) is 5.93. The molecule has 0 aliphatic heterocycles. The molecule has 1 saturated carbocycles. The van der Waals surface area contributed by atoms with Crippen LogP contribution in [-0.4, -0.2) is 17.5 Å². The summed E-state index contributed by atoms with van der Waals surface area (Å²) < 4.78 is 0. The zero-order chi connectivity index (χ0) is 16.1. The van der Waals surface area contributed by atoms with Crippen LogP contribution < -0.4 is 10.7 Å². The average molecular weight is 301 g/mol. The molecule has 0 heterocycles. The molecule has 2 N–H and O–H groups in total. The molecule has 2 amide bonds. The topological polar surface area (TPSA) is 70.6 Å². The first-order chi connectivity index (χ1) is 10.5. The largest absolute Gasteiger partial charge is 0.326 e. The van der Waals surface area contributed by atoms with E-state index in [1.807, 2.05) is 39.0 Å². The molecule has 1 aliphatic rings. The van der Waals surface area contributed by atoms with Gasteiger partial charge in [0, 0.05) is 24.2 Å². The smallest absolute Gasteiger partial charge is 0.240 e. The summed E-state index contributed by atoms with van der Waals surface area (Å²) in [7, 11) is 0. The van der Waals surface area contributed by atoms with Crippen LogP contribution in [0.25, 0.3) is 0 Å². The second-order valence-electron chi connectivity index (χ2n) is 5.93. The second kappa shape index (κ2) is 7.20. The number of amides is 2. The Morgan fingerprint density at radius 3 is 2.55 bits per heavy atom. The van der Waals surface area contributed by atoms with Crippen molar-refractivity contribution in [2.24, 2.45) is 11.0 Å². The lowest BCUT2D eigenvalue weighted by Gasteiger charge is -2.09. The molecule has 5 nitrogen and oxygen atoms in total. The van der Waals surface area contributed by atoms with Crippen LogP contribution >= 0.6 is 0 Å². The highest BCUT2D eigenvalue weighted by Gasteiger charge is 2.24. The van der Waals surface area contributed by atoms with E-state index in [4.69, 9.17) is 0 Å². The van der Waals surface area contributed by atoms with Gasteiger partial charge in [0.15, 0.2) is 0 Å². The van der Waals surface area contributed by atoms with Crippen molar-refractivity contribution in [3.8, 4) is 0 Å². The van der Waals surface area contributed by atoms with E-state index in [2.05, 4.69) is 15.8 Å². The van der Waals surface area contributed by atoms with Crippen molar-refractivity contribution in [3.05, 3.63) is 29.3 Å². The lowest BCUT2D eigenvalue weighted by atomic mass is 10.1. The Bertz CT molecular complexity index is 604. The quantitative estimate of drug-likeness (QED) is 0.626. The Morgan fingerprint density at radius 1 is 1.18 bits per heavy atom. The monoisotopic (exact) mass is 301 g/mol. The van der Waals surface area contributed by atoms with Crippen molar-refractivity contribution >= 4 is 23.2 Å². The van der Waals surface area contributed by atoms with Gasteiger partial charge in [0.05, 0.1) is 0 Å². The Labute approximate surface area is 131 Å². The number of carbonyl (C=O) groups excluding carboxylic acids is 2. The van der Waals surface area contributed by atoms with Gasteiger partial charge in [-0.05, 0) is 56.7 Å². The third-order valence-corrected chi connectivity index (χ3v) is 3.77. The molecule has 22 heavy (non-hydrogen) atoms. The van der Waals surface area contributed by atoms with Crippen molar-refractivity contribution < 1.29 is 9.59 Å². The van der Waals surface area contributed by atoms with E-state index in [9.17, 15) is 9.59 Å². The zero-order valence-corrected chi connectivity index (χ0v) is 13.4. The molecule has 1 aromatic rings. The first-order valence-electron chi connectivity index (χ1n) is 7.66. The third-order valence-electron chi connectivity index (χ3n) is 3.77. The van der Waals surface area contributed by atoms with E-state index in [0.717, 1.165) is 35.4 Å². The highest BCUT2D eigenvalue weighted by Crippen LogP contribution is 2.30. The van der Waals surface area contributed by atoms with Gasteiger partial charge in [-0.2, -0.15) is 5.10 Å². The molecule has 2 rings (SSSR count). The third kappa shape index (κ3) is 4.98. The number of rotatable bonds is 6. The van der Waals surface area contributed by atoms with Gasteiger partial charge in [-0.3, -0.25) is 9.59 Å². The maximum Gasteiger partial charge on any atom is 0.240 e. The summed E-state index contributed by atoms with van der Waals surface area (Å²) in [6.07, 6.45) is 2.60. The molecule has 1 aliphatic carbocycles. The van der Waals surface area contributed by atoms with Crippen LogP contribution in [0.3, 0.4) is 0 Å². The maximum atomic E-state index is 11.9.